The highest BCUT2D eigenvalue weighted by atomic mass is 32.2. The predicted molar refractivity (Wildman–Crippen MR) is 85.2 cm³/mol. The van der Waals surface area contributed by atoms with Crippen LogP contribution < -0.4 is 11.0 Å². The smallest absolute Gasteiger partial charge is 0.343 e. The molecule has 0 radical (unpaired) electrons. The fraction of sp³-hybridized carbons (Fsp3) is 0.500. The molecule has 2 aromatic rings. The van der Waals surface area contributed by atoms with Crippen LogP contribution in [0.25, 0.3) is 0 Å². The highest BCUT2D eigenvalue weighted by molar-refractivity contribution is 7.99. The number of H-pyrrole nitrogens is 1. The number of nitrogens with one attached hydrogen (secondary N) is 2. The van der Waals surface area contributed by atoms with Crippen LogP contribution in [0.3, 0.4) is 0 Å². The Labute approximate surface area is 131 Å². The van der Waals surface area contributed by atoms with Crippen LogP contribution in [-0.4, -0.2) is 37.5 Å². The Kier molecular flexibility index (Phi) is 5.68. The lowest BCUT2D eigenvalue weighted by Gasteiger charge is -2.07. The Morgan fingerprint density at radius 3 is 2.86 bits per heavy atom. The van der Waals surface area contributed by atoms with Gasteiger partial charge in [-0.05, 0) is 31.4 Å². The second kappa shape index (κ2) is 7.51. The quantitative estimate of drug-likeness (QED) is 0.457. The van der Waals surface area contributed by atoms with E-state index in [4.69, 9.17) is 0 Å². The highest BCUT2D eigenvalue weighted by Crippen LogP contribution is 2.26. The summed E-state index contributed by atoms with van der Waals surface area (Å²) in [5.74, 6) is 0.777. The number of thioether (sulfide) groups is 1. The van der Waals surface area contributed by atoms with E-state index >= 15 is 0 Å². The first-order chi connectivity index (χ1) is 10.2. The molecule has 114 valence electrons. The maximum absolute atomic E-state index is 11.7. The van der Waals surface area contributed by atoms with Crippen LogP contribution in [0.1, 0.15) is 20.3 Å². The van der Waals surface area contributed by atoms with Crippen molar-refractivity contribution in [2.75, 3.05) is 18.1 Å². The Balaban J connectivity index is 2.30. The molecule has 0 fully saturated rings. The van der Waals surface area contributed by atoms with Crippen LogP contribution >= 0.6 is 23.5 Å². The molecule has 2 rings (SSSR count). The van der Waals surface area contributed by atoms with Gasteiger partial charge in [0, 0.05) is 19.2 Å². The molecular weight excluding hydrogens is 308 g/mol. The Morgan fingerprint density at radius 2 is 2.19 bits per heavy atom. The van der Waals surface area contributed by atoms with Crippen LogP contribution in [0.5, 0.6) is 0 Å². The molecule has 0 saturated carbocycles. The predicted octanol–water partition coefficient (Wildman–Crippen LogP) is 2.08. The number of aromatic nitrogens is 5. The van der Waals surface area contributed by atoms with E-state index in [0.717, 1.165) is 23.8 Å². The van der Waals surface area contributed by atoms with Gasteiger partial charge in [0.15, 0.2) is 10.3 Å². The lowest BCUT2D eigenvalue weighted by molar-refractivity contribution is 0.603. The average Bonchev–Trinajstić information content (AvgIpc) is 2.81. The minimum atomic E-state index is -0.189. The molecule has 9 heteroatoms. The average molecular weight is 326 g/mol. The molecular formula is C12H18N6OS2. The zero-order valence-corrected chi connectivity index (χ0v) is 13.8. The lowest BCUT2D eigenvalue weighted by Crippen LogP contribution is -2.17. The molecule has 2 aromatic heterocycles. The fourth-order valence-electron chi connectivity index (χ4n) is 1.71. The summed E-state index contributed by atoms with van der Waals surface area (Å²) in [6, 6.07) is 1.86. The number of hydrogen-bond donors (Lipinski definition) is 2. The topological polar surface area (TPSA) is 88.5 Å². The fourth-order valence-corrected chi connectivity index (χ4v) is 3.02. The minimum Gasteiger partial charge on any atom is -0.370 e. The third-order valence-electron chi connectivity index (χ3n) is 2.59. The number of rotatable bonds is 7. The molecule has 0 bridgehead atoms. The first kappa shape index (κ1) is 15.9. The lowest BCUT2D eigenvalue weighted by atomic mass is 10.5. The summed E-state index contributed by atoms with van der Waals surface area (Å²) in [7, 11) is 0. The Hall–Kier alpha value is -1.48. The molecule has 0 amide bonds. The zero-order chi connectivity index (χ0) is 15.2. The van der Waals surface area contributed by atoms with E-state index in [-0.39, 0.29) is 5.69 Å². The van der Waals surface area contributed by atoms with Gasteiger partial charge in [0.2, 0.25) is 0 Å². The molecule has 2 N–H and O–H groups in total. The second-order valence-corrected chi connectivity index (χ2v) is 5.93. The Morgan fingerprint density at radius 1 is 1.38 bits per heavy atom. The van der Waals surface area contributed by atoms with Crippen molar-refractivity contribution < 1.29 is 0 Å². The van der Waals surface area contributed by atoms with Crippen molar-refractivity contribution in [1.29, 1.82) is 0 Å². The minimum absolute atomic E-state index is 0.189. The molecule has 7 nitrogen and oxygen atoms in total. The van der Waals surface area contributed by atoms with Crippen LogP contribution in [0.15, 0.2) is 26.2 Å². The van der Waals surface area contributed by atoms with Gasteiger partial charge in [0.25, 0.3) is 0 Å². The third-order valence-corrected chi connectivity index (χ3v) is 4.05. The standard InChI is InChI=1S/C12H18N6OS2/c1-4-6-18-11(19)16-17-12(18)21-9-7-8(13-5-2)14-10(15-9)20-3/h7H,4-6H2,1-3H3,(H,16,19)(H,13,14,15). The molecule has 0 atom stereocenters. The number of hydrogen-bond acceptors (Lipinski definition) is 7. The highest BCUT2D eigenvalue weighted by Gasteiger charge is 2.12. The summed E-state index contributed by atoms with van der Waals surface area (Å²) in [5, 5.41) is 11.8. The van der Waals surface area contributed by atoms with Gasteiger partial charge in [0.1, 0.15) is 10.8 Å². The van der Waals surface area contributed by atoms with Crippen molar-refractivity contribution in [2.45, 2.75) is 42.2 Å². The van der Waals surface area contributed by atoms with E-state index in [0.29, 0.717) is 16.9 Å². The summed E-state index contributed by atoms with van der Waals surface area (Å²) in [5.41, 5.74) is -0.189. The summed E-state index contributed by atoms with van der Waals surface area (Å²) >= 11 is 2.84. The normalized spacial score (nSPS) is 10.8. The first-order valence-corrected chi connectivity index (χ1v) is 8.72. The van der Waals surface area contributed by atoms with E-state index in [1.165, 1.54) is 23.5 Å². The van der Waals surface area contributed by atoms with Crippen molar-refractivity contribution in [3.05, 3.63) is 16.6 Å². The molecule has 0 aliphatic carbocycles. The molecule has 0 aromatic carbocycles. The van der Waals surface area contributed by atoms with Gasteiger partial charge in [-0.15, -0.1) is 5.10 Å². The summed E-state index contributed by atoms with van der Waals surface area (Å²) in [6.45, 7) is 5.46. The van der Waals surface area contributed by atoms with E-state index < -0.39 is 0 Å². The number of aromatic amines is 1. The van der Waals surface area contributed by atoms with E-state index in [9.17, 15) is 4.79 Å². The molecule has 0 spiro atoms. The van der Waals surface area contributed by atoms with Gasteiger partial charge in [-0.3, -0.25) is 4.57 Å². The van der Waals surface area contributed by atoms with Gasteiger partial charge in [0.05, 0.1) is 0 Å². The third kappa shape index (κ3) is 4.01. The summed E-state index contributed by atoms with van der Waals surface area (Å²) < 4.78 is 1.62. The Bertz CT molecular complexity index is 653. The maximum Gasteiger partial charge on any atom is 0.343 e. The van der Waals surface area contributed by atoms with Crippen molar-refractivity contribution in [2.24, 2.45) is 0 Å². The van der Waals surface area contributed by atoms with Crippen molar-refractivity contribution in [3.8, 4) is 0 Å². The zero-order valence-electron chi connectivity index (χ0n) is 12.2. The molecule has 21 heavy (non-hydrogen) atoms. The SMILES string of the molecule is CCCn1c(Sc2cc(NCC)nc(SC)n2)n[nH]c1=O. The largest absolute Gasteiger partial charge is 0.370 e. The molecule has 0 unspecified atom stereocenters. The van der Waals surface area contributed by atoms with Crippen LogP contribution in [0, 0.1) is 0 Å². The maximum atomic E-state index is 11.7. The first-order valence-electron chi connectivity index (χ1n) is 6.67. The van der Waals surface area contributed by atoms with E-state index in [1.807, 2.05) is 26.2 Å². The van der Waals surface area contributed by atoms with Crippen LogP contribution in [-0.2, 0) is 6.54 Å². The summed E-state index contributed by atoms with van der Waals surface area (Å²) in [4.78, 5) is 20.5. The molecule has 0 saturated heterocycles. The van der Waals surface area contributed by atoms with Crippen molar-refractivity contribution in [3.63, 3.8) is 0 Å². The summed E-state index contributed by atoms with van der Waals surface area (Å²) in [6.07, 6.45) is 2.80. The molecule has 0 aliphatic rings. The van der Waals surface area contributed by atoms with Gasteiger partial charge >= 0.3 is 5.69 Å². The number of anilines is 1. The van der Waals surface area contributed by atoms with Crippen LogP contribution in [0.2, 0.25) is 0 Å². The van der Waals surface area contributed by atoms with Gasteiger partial charge < -0.3 is 5.32 Å². The van der Waals surface area contributed by atoms with Crippen molar-refractivity contribution in [1.82, 2.24) is 24.7 Å². The van der Waals surface area contributed by atoms with E-state index in [2.05, 4.69) is 25.5 Å². The molecule has 2 heterocycles. The van der Waals surface area contributed by atoms with Gasteiger partial charge in [-0.2, -0.15) is 0 Å². The van der Waals surface area contributed by atoms with Gasteiger partial charge in [-0.25, -0.2) is 19.9 Å². The molecule has 0 aliphatic heterocycles. The monoisotopic (exact) mass is 326 g/mol. The van der Waals surface area contributed by atoms with Crippen LogP contribution in [0.4, 0.5) is 5.82 Å². The second-order valence-electron chi connectivity index (χ2n) is 4.17. The van der Waals surface area contributed by atoms with Gasteiger partial charge in [-0.1, -0.05) is 18.7 Å². The number of nitrogens with zero attached hydrogens (tertiary/aromatic N) is 4. The van der Waals surface area contributed by atoms with Crippen molar-refractivity contribution >= 4 is 29.3 Å². The van der Waals surface area contributed by atoms with E-state index in [1.54, 1.807) is 4.57 Å².